The smallest absolute Gasteiger partial charge is 0.339 e. The zero-order chi connectivity index (χ0) is 18.1. The molecule has 9 heteroatoms. The molecular weight excluding hydrogens is 374 g/mol. The number of aromatic carboxylic acids is 1. The maximum atomic E-state index is 13.6. The quantitative estimate of drug-likeness (QED) is 0.750. The number of nitrogen functional groups attached to an aromatic ring is 1. The third-order valence-corrected chi connectivity index (χ3v) is 4.78. The second kappa shape index (κ2) is 6.93. The maximum absolute atomic E-state index is 13.6. The van der Waals surface area contributed by atoms with E-state index in [4.69, 9.17) is 43.2 Å². The molecule has 0 amide bonds. The number of allylic oxidation sites excluding steroid dienone is 4. The van der Waals surface area contributed by atoms with Gasteiger partial charge in [-0.3, -0.25) is 0 Å². The minimum Gasteiger partial charge on any atom is -0.486 e. The Bertz CT molecular complexity index is 894. The molecule has 6 nitrogen and oxygen atoms in total. The molecule has 0 fully saturated rings. The van der Waals surface area contributed by atoms with E-state index < -0.39 is 23.1 Å². The first-order chi connectivity index (χ1) is 11.9. The molecule has 3 rings (SSSR count). The molecule has 0 spiro atoms. The van der Waals surface area contributed by atoms with E-state index >= 15 is 0 Å². The van der Waals surface area contributed by atoms with Crippen molar-refractivity contribution in [3.05, 3.63) is 41.0 Å². The van der Waals surface area contributed by atoms with Gasteiger partial charge in [0, 0.05) is 12.1 Å². The summed E-state index contributed by atoms with van der Waals surface area (Å²) < 4.78 is 24.4. The summed E-state index contributed by atoms with van der Waals surface area (Å²) in [6, 6.07) is 0. The fourth-order valence-corrected chi connectivity index (χ4v) is 3.26. The van der Waals surface area contributed by atoms with Crippen molar-refractivity contribution in [1.29, 1.82) is 0 Å². The predicted molar refractivity (Wildman–Crippen MR) is 91.8 cm³/mol. The number of hydrogen-bond donors (Lipinski definition) is 2. The third-order valence-electron chi connectivity index (χ3n) is 3.87. The summed E-state index contributed by atoms with van der Waals surface area (Å²) in [6.45, 7) is 0.110. The number of hydrogen-bond acceptors (Lipinski definition) is 5. The lowest BCUT2D eigenvalue weighted by Crippen LogP contribution is -2.20. The Morgan fingerprint density at radius 2 is 2.28 bits per heavy atom. The van der Waals surface area contributed by atoms with Crippen LogP contribution in [0.5, 0.6) is 5.75 Å². The van der Waals surface area contributed by atoms with Crippen LogP contribution in [0, 0.1) is 5.92 Å². The standard InChI is InChI=1S/C16H13Cl2FN2O4/c17-10-1-2-11(19)12(18)7(10)3-4-24-14-13-8(5-21-15(14)20)9(6-25-13)16(22)23/h1-2,5-7,10H,3-4H2,(H2,20,21)(H,22,23). The summed E-state index contributed by atoms with van der Waals surface area (Å²) >= 11 is 12.1. The number of nitrogens with two attached hydrogens (primary N) is 1. The number of furan rings is 1. The first-order valence-corrected chi connectivity index (χ1v) is 8.10. The van der Waals surface area contributed by atoms with Crippen molar-refractivity contribution >= 4 is 46.0 Å². The average molecular weight is 387 g/mol. The van der Waals surface area contributed by atoms with Crippen LogP contribution in [0.1, 0.15) is 16.8 Å². The zero-order valence-corrected chi connectivity index (χ0v) is 14.2. The van der Waals surface area contributed by atoms with Gasteiger partial charge in [0.2, 0.25) is 5.75 Å². The van der Waals surface area contributed by atoms with Crippen LogP contribution in [0.3, 0.4) is 0 Å². The largest absolute Gasteiger partial charge is 0.486 e. The van der Waals surface area contributed by atoms with Gasteiger partial charge in [-0.05, 0) is 12.5 Å². The van der Waals surface area contributed by atoms with Crippen molar-refractivity contribution in [3.63, 3.8) is 0 Å². The first-order valence-electron chi connectivity index (χ1n) is 7.29. The molecular formula is C16H13Cl2FN2O4. The van der Waals surface area contributed by atoms with Crippen LogP contribution in [0.25, 0.3) is 11.0 Å². The number of carbonyl (C=O) groups is 1. The summed E-state index contributed by atoms with van der Waals surface area (Å²) in [7, 11) is 0. The van der Waals surface area contributed by atoms with Crippen LogP contribution in [0.4, 0.5) is 10.2 Å². The van der Waals surface area contributed by atoms with E-state index in [-0.39, 0.29) is 39.7 Å². The van der Waals surface area contributed by atoms with Crippen molar-refractivity contribution in [3.8, 4) is 5.75 Å². The highest BCUT2D eigenvalue weighted by Gasteiger charge is 2.27. The number of pyridine rings is 1. The monoisotopic (exact) mass is 386 g/mol. The van der Waals surface area contributed by atoms with Crippen molar-refractivity contribution in [1.82, 2.24) is 4.98 Å². The van der Waals surface area contributed by atoms with E-state index in [1.807, 2.05) is 0 Å². The van der Waals surface area contributed by atoms with Crippen molar-refractivity contribution in [2.24, 2.45) is 5.92 Å². The van der Waals surface area contributed by atoms with Gasteiger partial charge in [0.25, 0.3) is 0 Å². The molecule has 0 bridgehead atoms. The molecule has 3 N–H and O–H groups in total. The van der Waals surface area contributed by atoms with Gasteiger partial charge in [-0.2, -0.15) is 0 Å². The van der Waals surface area contributed by atoms with Crippen molar-refractivity contribution < 1.29 is 23.4 Å². The summed E-state index contributed by atoms with van der Waals surface area (Å²) in [5.41, 5.74) is 5.93. The lowest BCUT2D eigenvalue weighted by atomic mass is 9.96. The van der Waals surface area contributed by atoms with E-state index in [9.17, 15) is 9.18 Å². The van der Waals surface area contributed by atoms with E-state index in [2.05, 4.69) is 4.98 Å². The number of anilines is 1. The van der Waals surface area contributed by atoms with Crippen LogP contribution in [-0.2, 0) is 0 Å². The van der Waals surface area contributed by atoms with Gasteiger partial charge in [0.05, 0.1) is 22.4 Å². The van der Waals surface area contributed by atoms with Crippen molar-refractivity contribution in [2.45, 2.75) is 11.8 Å². The Morgan fingerprint density at radius 1 is 1.52 bits per heavy atom. The molecule has 0 aromatic carbocycles. The van der Waals surface area contributed by atoms with Crippen LogP contribution in [0.2, 0.25) is 0 Å². The Labute approximate surface area is 151 Å². The van der Waals surface area contributed by atoms with E-state index in [0.717, 1.165) is 6.26 Å². The molecule has 25 heavy (non-hydrogen) atoms. The van der Waals surface area contributed by atoms with Gasteiger partial charge in [-0.25, -0.2) is 14.2 Å². The number of ether oxygens (including phenoxy) is 1. The fraction of sp³-hybridized carbons (Fsp3) is 0.250. The van der Waals surface area contributed by atoms with Crippen molar-refractivity contribution in [2.75, 3.05) is 12.3 Å². The average Bonchev–Trinajstić information content (AvgIpc) is 3.00. The predicted octanol–water partition coefficient (Wildman–Crippen LogP) is 4.09. The van der Waals surface area contributed by atoms with Crippen LogP contribution in [0.15, 0.2) is 39.9 Å². The molecule has 2 unspecified atom stereocenters. The topological polar surface area (TPSA) is 98.6 Å². The van der Waals surface area contributed by atoms with E-state index in [1.54, 1.807) is 0 Å². The maximum Gasteiger partial charge on any atom is 0.339 e. The van der Waals surface area contributed by atoms with E-state index in [0.29, 0.717) is 6.42 Å². The van der Waals surface area contributed by atoms with E-state index in [1.165, 1.54) is 18.3 Å². The van der Waals surface area contributed by atoms with Crippen LogP contribution < -0.4 is 10.5 Å². The molecule has 2 atom stereocenters. The zero-order valence-electron chi connectivity index (χ0n) is 12.7. The molecule has 0 saturated heterocycles. The number of carboxylic acids is 1. The number of halogens is 3. The number of aromatic nitrogens is 1. The molecule has 2 aromatic heterocycles. The Morgan fingerprint density at radius 3 is 3.00 bits per heavy atom. The molecule has 1 aliphatic rings. The van der Waals surface area contributed by atoms with Gasteiger partial charge in [0.15, 0.2) is 11.4 Å². The summed E-state index contributed by atoms with van der Waals surface area (Å²) in [6.07, 6.45) is 5.48. The SMILES string of the molecule is Nc1ncc2c(C(=O)O)coc2c1OCCC1C(Cl)=C(F)C=CC1Cl. The minimum atomic E-state index is -1.15. The Balaban J connectivity index is 1.79. The third kappa shape index (κ3) is 3.29. The summed E-state index contributed by atoms with van der Waals surface area (Å²) in [4.78, 5) is 15.1. The van der Waals surface area contributed by atoms with Gasteiger partial charge >= 0.3 is 5.97 Å². The number of nitrogens with zero attached hydrogens (tertiary/aromatic N) is 1. The molecule has 0 radical (unpaired) electrons. The lowest BCUT2D eigenvalue weighted by Gasteiger charge is -2.22. The highest BCUT2D eigenvalue weighted by atomic mass is 35.5. The molecule has 1 aliphatic carbocycles. The molecule has 0 aliphatic heterocycles. The summed E-state index contributed by atoms with van der Waals surface area (Å²) in [5, 5.41) is 8.99. The highest BCUT2D eigenvalue weighted by molar-refractivity contribution is 6.32. The second-order valence-corrected chi connectivity index (χ2v) is 6.32. The second-order valence-electron chi connectivity index (χ2n) is 5.41. The molecule has 132 valence electrons. The van der Waals surface area contributed by atoms with Gasteiger partial charge in [-0.1, -0.05) is 17.7 Å². The first kappa shape index (κ1) is 17.6. The Kier molecular flexibility index (Phi) is 4.87. The van der Waals surface area contributed by atoms with Crippen LogP contribution >= 0.6 is 23.2 Å². The lowest BCUT2D eigenvalue weighted by molar-refractivity contribution is 0.0698. The molecule has 0 saturated carbocycles. The highest BCUT2D eigenvalue weighted by Crippen LogP contribution is 2.36. The summed E-state index contributed by atoms with van der Waals surface area (Å²) in [5.74, 6) is -1.93. The number of alkyl halides is 1. The fourth-order valence-electron chi connectivity index (χ4n) is 2.57. The molecule has 2 aromatic rings. The minimum absolute atomic E-state index is 0.0429. The number of rotatable bonds is 5. The van der Waals surface area contributed by atoms with Gasteiger partial charge in [-0.15, -0.1) is 11.6 Å². The number of carboxylic acid groups (broad SMARTS) is 1. The Hall–Kier alpha value is -2.25. The molecule has 2 heterocycles. The van der Waals surface area contributed by atoms with Gasteiger partial charge < -0.3 is 20.0 Å². The number of fused-ring (bicyclic) bond motifs is 1. The normalized spacial score (nSPS) is 20.3. The van der Waals surface area contributed by atoms with Crippen LogP contribution in [-0.4, -0.2) is 28.0 Å². The van der Waals surface area contributed by atoms with Gasteiger partial charge in [0.1, 0.15) is 17.7 Å².